The smallest absolute Gasteiger partial charge is 0.266 e. The standard InChI is InChI=1S/C30H25ClN2O2/c1-20-16-24(17-25(18-32)30(34)33-27-12-10-26(31)11-13-27)21(2)29(20)23-8-14-28(15-9-23)35-19-22-6-4-3-5-7-22/h3-17,29H,19H2,1-2H3,(H,33,34)/b25-17-/t29-/m1/s1. The molecule has 4 rings (SSSR count). The number of anilines is 1. The molecule has 1 aliphatic carbocycles. The predicted molar refractivity (Wildman–Crippen MR) is 140 cm³/mol. The third-order valence-corrected chi connectivity index (χ3v) is 6.21. The van der Waals surface area contributed by atoms with Gasteiger partial charge in [0.25, 0.3) is 5.91 Å². The van der Waals surface area contributed by atoms with E-state index in [1.807, 2.05) is 61.5 Å². The molecule has 35 heavy (non-hydrogen) atoms. The average molecular weight is 481 g/mol. The van der Waals surface area contributed by atoms with Gasteiger partial charge in [-0.1, -0.05) is 71.3 Å². The van der Waals surface area contributed by atoms with Crippen molar-refractivity contribution < 1.29 is 9.53 Å². The molecule has 1 amide bonds. The zero-order valence-electron chi connectivity index (χ0n) is 19.6. The lowest BCUT2D eigenvalue weighted by Gasteiger charge is -2.16. The van der Waals surface area contributed by atoms with E-state index in [0.717, 1.165) is 33.6 Å². The largest absolute Gasteiger partial charge is 0.489 e. The molecule has 3 aromatic rings. The molecule has 0 saturated carbocycles. The third-order valence-electron chi connectivity index (χ3n) is 5.96. The van der Waals surface area contributed by atoms with Gasteiger partial charge in [0.15, 0.2) is 0 Å². The number of nitrogens with zero attached hydrogens (tertiary/aromatic N) is 1. The molecule has 174 valence electrons. The van der Waals surface area contributed by atoms with Crippen molar-refractivity contribution in [2.24, 2.45) is 0 Å². The van der Waals surface area contributed by atoms with Crippen molar-refractivity contribution >= 4 is 23.2 Å². The van der Waals surface area contributed by atoms with Crippen molar-refractivity contribution in [1.82, 2.24) is 0 Å². The second kappa shape index (κ2) is 10.9. The number of hydrogen-bond acceptors (Lipinski definition) is 3. The van der Waals surface area contributed by atoms with E-state index in [2.05, 4.69) is 24.4 Å². The zero-order valence-corrected chi connectivity index (χ0v) is 20.3. The van der Waals surface area contributed by atoms with Crippen LogP contribution in [0.2, 0.25) is 5.02 Å². The van der Waals surface area contributed by atoms with Crippen molar-refractivity contribution in [2.45, 2.75) is 26.4 Å². The number of benzene rings is 3. The molecular weight excluding hydrogens is 456 g/mol. The number of nitrogens with one attached hydrogen (secondary N) is 1. The van der Waals surface area contributed by atoms with Gasteiger partial charge in [0.2, 0.25) is 0 Å². The normalized spacial score (nSPS) is 15.4. The van der Waals surface area contributed by atoms with Gasteiger partial charge in [-0.15, -0.1) is 0 Å². The fourth-order valence-corrected chi connectivity index (χ4v) is 4.28. The highest BCUT2D eigenvalue weighted by molar-refractivity contribution is 6.30. The number of carbonyl (C=O) groups excluding carboxylic acids is 1. The van der Waals surface area contributed by atoms with Gasteiger partial charge in [-0.3, -0.25) is 4.79 Å². The Balaban J connectivity index is 1.48. The van der Waals surface area contributed by atoms with E-state index in [1.165, 1.54) is 0 Å². The molecule has 0 saturated heterocycles. The quantitative estimate of drug-likeness (QED) is 0.283. The second-order valence-corrected chi connectivity index (χ2v) is 8.87. The molecule has 5 heteroatoms. The van der Waals surface area contributed by atoms with Crippen LogP contribution < -0.4 is 10.1 Å². The van der Waals surface area contributed by atoms with Gasteiger partial charge < -0.3 is 10.1 Å². The van der Waals surface area contributed by atoms with E-state index in [-0.39, 0.29) is 11.5 Å². The van der Waals surface area contributed by atoms with Crippen LogP contribution in [0, 0.1) is 11.3 Å². The molecule has 3 aromatic carbocycles. The first-order valence-electron chi connectivity index (χ1n) is 11.3. The molecule has 4 nitrogen and oxygen atoms in total. The van der Waals surface area contributed by atoms with Gasteiger partial charge in [0, 0.05) is 16.6 Å². The van der Waals surface area contributed by atoms with E-state index >= 15 is 0 Å². The highest BCUT2D eigenvalue weighted by Crippen LogP contribution is 2.40. The van der Waals surface area contributed by atoms with E-state index in [9.17, 15) is 10.1 Å². The number of nitriles is 1. The lowest BCUT2D eigenvalue weighted by atomic mass is 9.89. The Labute approximate surface area is 210 Å². The van der Waals surface area contributed by atoms with E-state index < -0.39 is 5.91 Å². The van der Waals surface area contributed by atoms with Crippen LogP contribution in [-0.2, 0) is 11.4 Å². The van der Waals surface area contributed by atoms with Crippen molar-refractivity contribution in [3.05, 3.63) is 129 Å². The summed E-state index contributed by atoms with van der Waals surface area (Å²) in [6.45, 7) is 4.62. The molecule has 1 N–H and O–H groups in total. The lowest BCUT2D eigenvalue weighted by Crippen LogP contribution is -2.13. The molecule has 0 radical (unpaired) electrons. The van der Waals surface area contributed by atoms with Crippen molar-refractivity contribution in [1.29, 1.82) is 5.26 Å². The van der Waals surface area contributed by atoms with Gasteiger partial charge in [0.1, 0.15) is 24.0 Å². The van der Waals surface area contributed by atoms with Gasteiger partial charge in [-0.05, 0) is 73.0 Å². The van der Waals surface area contributed by atoms with E-state index in [0.29, 0.717) is 17.3 Å². The first kappa shape index (κ1) is 24.1. The number of allylic oxidation sites excluding steroid dienone is 5. The highest BCUT2D eigenvalue weighted by Gasteiger charge is 2.24. The fourth-order valence-electron chi connectivity index (χ4n) is 4.15. The molecule has 0 fully saturated rings. The van der Waals surface area contributed by atoms with Crippen LogP contribution in [0.1, 0.15) is 30.9 Å². The van der Waals surface area contributed by atoms with Crippen LogP contribution in [0.25, 0.3) is 0 Å². The number of carbonyl (C=O) groups is 1. The SMILES string of the molecule is CC1=CC(/C=C(/C#N)C(=O)Nc2ccc(Cl)cc2)=C(C)[C@@H]1c1ccc(OCc2ccccc2)cc1. The van der Waals surface area contributed by atoms with Crippen LogP contribution in [0.15, 0.2) is 113 Å². The Kier molecular flexibility index (Phi) is 7.50. The third kappa shape index (κ3) is 5.90. The molecule has 1 atom stereocenters. The lowest BCUT2D eigenvalue weighted by molar-refractivity contribution is -0.112. The Morgan fingerprint density at radius 2 is 1.71 bits per heavy atom. The Hall–Kier alpha value is -4.07. The van der Waals surface area contributed by atoms with Crippen LogP contribution in [0.5, 0.6) is 5.75 Å². The Bertz CT molecular complexity index is 1350. The molecule has 0 aromatic heterocycles. The van der Waals surface area contributed by atoms with Gasteiger partial charge in [-0.25, -0.2) is 0 Å². The predicted octanol–water partition coefficient (Wildman–Crippen LogP) is 7.37. The number of ether oxygens (including phenoxy) is 1. The molecule has 1 aliphatic rings. The summed E-state index contributed by atoms with van der Waals surface area (Å²) < 4.78 is 5.91. The molecular formula is C30H25ClN2O2. The van der Waals surface area contributed by atoms with Crippen molar-refractivity contribution in [2.75, 3.05) is 5.32 Å². The minimum Gasteiger partial charge on any atom is -0.489 e. The maximum Gasteiger partial charge on any atom is 0.266 e. The summed E-state index contributed by atoms with van der Waals surface area (Å²) >= 11 is 5.90. The van der Waals surface area contributed by atoms with Crippen molar-refractivity contribution in [3.8, 4) is 11.8 Å². The summed E-state index contributed by atoms with van der Waals surface area (Å²) in [6.07, 6.45) is 3.69. The first-order valence-corrected chi connectivity index (χ1v) is 11.7. The molecule has 0 aliphatic heterocycles. The second-order valence-electron chi connectivity index (χ2n) is 8.43. The van der Waals surface area contributed by atoms with Gasteiger partial charge in [0.05, 0.1) is 0 Å². The number of amides is 1. The van der Waals surface area contributed by atoms with Crippen LogP contribution in [0.4, 0.5) is 5.69 Å². The molecule has 0 spiro atoms. The van der Waals surface area contributed by atoms with Crippen LogP contribution in [0.3, 0.4) is 0 Å². The molecule has 0 bridgehead atoms. The summed E-state index contributed by atoms with van der Waals surface area (Å²) in [4.78, 5) is 12.7. The maximum atomic E-state index is 12.7. The van der Waals surface area contributed by atoms with E-state index in [1.54, 1.807) is 30.3 Å². The van der Waals surface area contributed by atoms with Crippen LogP contribution in [-0.4, -0.2) is 5.91 Å². The van der Waals surface area contributed by atoms with Crippen molar-refractivity contribution in [3.63, 3.8) is 0 Å². The van der Waals surface area contributed by atoms with Crippen LogP contribution >= 0.6 is 11.6 Å². The minimum absolute atomic E-state index is 0.0451. The summed E-state index contributed by atoms with van der Waals surface area (Å²) in [5.41, 5.74) is 6.00. The molecule has 0 heterocycles. The van der Waals surface area contributed by atoms with Gasteiger partial charge in [-0.2, -0.15) is 5.26 Å². The number of hydrogen-bond donors (Lipinski definition) is 1. The number of halogens is 1. The first-order chi connectivity index (χ1) is 16.9. The Morgan fingerprint density at radius 1 is 1.03 bits per heavy atom. The zero-order chi connectivity index (χ0) is 24.8. The average Bonchev–Trinajstić information content (AvgIpc) is 3.16. The summed E-state index contributed by atoms with van der Waals surface area (Å²) in [5.74, 6) is 0.442. The maximum absolute atomic E-state index is 12.7. The monoisotopic (exact) mass is 480 g/mol. The molecule has 0 unspecified atom stereocenters. The van der Waals surface area contributed by atoms with E-state index in [4.69, 9.17) is 16.3 Å². The Morgan fingerprint density at radius 3 is 2.37 bits per heavy atom. The summed E-state index contributed by atoms with van der Waals surface area (Å²) in [6, 6.07) is 26.9. The summed E-state index contributed by atoms with van der Waals surface area (Å²) in [7, 11) is 0. The number of rotatable bonds is 7. The highest BCUT2D eigenvalue weighted by atomic mass is 35.5. The fraction of sp³-hybridized carbons (Fsp3) is 0.133. The topological polar surface area (TPSA) is 62.1 Å². The minimum atomic E-state index is -0.454. The van der Waals surface area contributed by atoms with Gasteiger partial charge >= 0.3 is 0 Å². The summed E-state index contributed by atoms with van der Waals surface area (Å²) in [5, 5.41) is 12.9.